The lowest BCUT2D eigenvalue weighted by Gasteiger charge is -2.18. The molecule has 0 saturated carbocycles. The van der Waals surface area contributed by atoms with Crippen molar-refractivity contribution >= 4 is 17.5 Å². The van der Waals surface area contributed by atoms with Crippen LogP contribution in [-0.4, -0.2) is 33.1 Å². The summed E-state index contributed by atoms with van der Waals surface area (Å²) >= 11 is 0. The van der Waals surface area contributed by atoms with Gasteiger partial charge >= 0.3 is 0 Å². The fraction of sp³-hybridized carbons (Fsp3) is 0.214. The van der Waals surface area contributed by atoms with Crippen molar-refractivity contribution < 1.29 is 9.59 Å². The first kappa shape index (κ1) is 22.5. The van der Waals surface area contributed by atoms with Crippen molar-refractivity contribution in [1.82, 2.24) is 20.1 Å². The van der Waals surface area contributed by atoms with E-state index in [1.54, 1.807) is 17.3 Å². The number of fused-ring (bicyclic) bond motifs is 1. The minimum atomic E-state index is -0.223. The maximum absolute atomic E-state index is 13.4. The molecular weight excluding hydrogens is 438 g/mol. The first-order valence-corrected chi connectivity index (χ1v) is 11.8. The summed E-state index contributed by atoms with van der Waals surface area (Å²) in [5, 5.41) is 7.66. The van der Waals surface area contributed by atoms with Gasteiger partial charge in [-0.3, -0.25) is 14.3 Å². The molecule has 176 valence electrons. The molecule has 1 N–H and O–H groups in total. The molecule has 35 heavy (non-hydrogen) atoms. The summed E-state index contributed by atoms with van der Waals surface area (Å²) in [6.07, 6.45) is 1.72. The average molecular weight is 466 g/mol. The molecule has 4 aromatic rings. The highest BCUT2D eigenvalue weighted by atomic mass is 16.2. The molecule has 1 unspecified atom stereocenters. The lowest BCUT2D eigenvalue weighted by Crippen LogP contribution is -2.30. The van der Waals surface area contributed by atoms with Gasteiger partial charge in [0.25, 0.3) is 11.8 Å². The van der Waals surface area contributed by atoms with E-state index in [0.717, 1.165) is 16.8 Å². The van der Waals surface area contributed by atoms with Crippen LogP contribution in [0.1, 0.15) is 63.5 Å². The monoisotopic (exact) mass is 465 g/mol. The Morgan fingerprint density at radius 2 is 1.69 bits per heavy atom. The van der Waals surface area contributed by atoms with Crippen LogP contribution in [0.25, 0.3) is 0 Å². The van der Waals surface area contributed by atoms with E-state index in [1.165, 1.54) is 0 Å². The van der Waals surface area contributed by atoms with Crippen molar-refractivity contribution in [2.45, 2.75) is 32.4 Å². The summed E-state index contributed by atoms with van der Waals surface area (Å²) in [5.74, 6) is 0.174. The van der Waals surface area contributed by atoms with Crippen LogP contribution >= 0.6 is 0 Å². The van der Waals surface area contributed by atoms with E-state index < -0.39 is 0 Å². The Bertz CT molecular complexity index is 1350. The summed E-state index contributed by atoms with van der Waals surface area (Å²) < 4.78 is 1.81. The molecule has 0 radical (unpaired) electrons. The minimum Gasteiger partial charge on any atom is -0.348 e. The highest BCUT2D eigenvalue weighted by Gasteiger charge is 2.36. The average Bonchev–Trinajstić information content (AvgIpc) is 3.53. The zero-order chi connectivity index (χ0) is 24.4. The third kappa shape index (κ3) is 4.57. The molecule has 0 saturated heterocycles. The fourth-order valence-electron chi connectivity index (χ4n) is 4.33. The van der Waals surface area contributed by atoms with Crippen LogP contribution in [0.2, 0.25) is 0 Å². The van der Waals surface area contributed by atoms with Gasteiger partial charge in [-0.25, -0.2) is 4.98 Å². The van der Waals surface area contributed by atoms with Gasteiger partial charge in [0.05, 0.1) is 5.92 Å². The number of rotatable bonds is 6. The van der Waals surface area contributed by atoms with Gasteiger partial charge < -0.3 is 10.2 Å². The molecule has 2 heterocycles. The number of nitrogens with one attached hydrogen (secondary N) is 1. The van der Waals surface area contributed by atoms with E-state index >= 15 is 0 Å². The van der Waals surface area contributed by atoms with Gasteiger partial charge in [-0.15, -0.1) is 0 Å². The van der Waals surface area contributed by atoms with Gasteiger partial charge in [0.2, 0.25) is 0 Å². The second kappa shape index (κ2) is 9.54. The van der Waals surface area contributed by atoms with Gasteiger partial charge in [0.1, 0.15) is 6.33 Å². The van der Waals surface area contributed by atoms with Gasteiger partial charge in [0.15, 0.2) is 5.82 Å². The lowest BCUT2D eigenvalue weighted by molar-refractivity contribution is 0.0949. The third-order valence-corrected chi connectivity index (χ3v) is 6.25. The summed E-state index contributed by atoms with van der Waals surface area (Å²) in [6.45, 7) is 4.95. The Morgan fingerprint density at radius 1 is 0.971 bits per heavy atom. The number of carbonyl (C=O) groups is 2. The van der Waals surface area contributed by atoms with Crippen LogP contribution in [0, 0.1) is 0 Å². The number of aromatic nitrogens is 3. The zero-order valence-corrected chi connectivity index (χ0v) is 19.8. The molecule has 2 amide bonds. The van der Waals surface area contributed by atoms with Crippen LogP contribution in [0.4, 0.5) is 5.69 Å². The van der Waals surface area contributed by atoms with Crippen molar-refractivity contribution in [3.8, 4) is 0 Å². The highest BCUT2D eigenvalue weighted by Crippen LogP contribution is 2.40. The topological polar surface area (TPSA) is 80.1 Å². The number of hydrogen-bond donors (Lipinski definition) is 1. The van der Waals surface area contributed by atoms with Crippen molar-refractivity contribution in [3.05, 3.63) is 113 Å². The first-order chi connectivity index (χ1) is 17.0. The number of amides is 2. The molecule has 7 nitrogen and oxygen atoms in total. The predicted molar refractivity (Wildman–Crippen MR) is 134 cm³/mol. The second-order valence-corrected chi connectivity index (χ2v) is 8.95. The maximum Gasteiger partial charge on any atom is 0.258 e. The van der Waals surface area contributed by atoms with Gasteiger partial charge in [-0.2, -0.15) is 5.10 Å². The molecule has 0 spiro atoms. The molecule has 1 atom stereocenters. The molecule has 1 aliphatic rings. The Kier molecular flexibility index (Phi) is 6.14. The summed E-state index contributed by atoms with van der Waals surface area (Å²) in [5.41, 5.74) is 3.85. The zero-order valence-electron chi connectivity index (χ0n) is 19.8. The Hall–Kier alpha value is -4.26. The number of anilines is 1. The quantitative estimate of drug-likeness (QED) is 0.452. The molecule has 0 aliphatic carbocycles. The molecule has 1 aromatic heterocycles. The van der Waals surface area contributed by atoms with Crippen LogP contribution in [0.15, 0.2) is 85.2 Å². The predicted octanol–water partition coefficient (Wildman–Crippen LogP) is 4.58. The van der Waals surface area contributed by atoms with Gasteiger partial charge in [0, 0.05) is 35.9 Å². The molecule has 7 heteroatoms. The van der Waals surface area contributed by atoms with Crippen LogP contribution in [0.5, 0.6) is 0 Å². The van der Waals surface area contributed by atoms with Crippen molar-refractivity contribution in [2.75, 3.05) is 11.4 Å². The van der Waals surface area contributed by atoms with E-state index in [1.807, 2.05) is 91.3 Å². The summed E-state index contributed by atoms with van der Waals surface area (Å²) in [7, 11) is 0. The summed E-state index contributed by atoms with van der Waals surface area (Å²) in [4.78, 5) is 32.7. The van der Waals surface area contributed by atoms with E-state index in [4.69, 9.17) is 0 Å². The van der Waals surface area contributed by atoms with E-state index in [0.29, 0.717) is 30.0 Å². The first-order valence-electron chi connectivity index (χ1n) is 11.8. The largest absolute Gasteiger partial charge is 0.348 e. The highest BCUT2D eigenvalue weighted by molar-refractivity contribution is 6.08. The maximum atomic E-state index is 13.4. The van der Waals surface area contributed by atoms with Gasteiger partial charge in [-0.05, 0) is 55.3 Å². The Morgan fingerprint density at radius 3 is 2.37 bits per heavy atom. The minimum absolute atomic E-state index is 0.0843. The number of carbonyl (C=O) groups excluding carboxylic acids is 2. The van der Waals surface area contributed by atoms with Crippen molar-refractivity contribution in [1.29, 1.82) is 0 Å². The third-order valence-electron chi connectivity index (χ3n) is 6.25. The van der Waals surface area contributed by atoms with Crippen LogP contribution in [-0.2, 0) is 6.54 Å². The smallest absolute Gasteiger partial charge is 0.258 e. The molecule has 3 aromatic carbocycles. The molecule has 0 bridgehead atoms. The standard InChI is InChI=1S/C28H27N5O2/c1-19(2)33-18-30-26(31-33)24-17-32(28(35)21-11-7-4-8-12-21)25-14-13-22(15-23(24)25)27(34)29-16-20-9-5-3-6-10-20/h3-15,18-19,24H,16-17H2,1-2H3,(H,29,34). The SMILES string of the molecule is CC(C)n1cnc(C2CN(C(=O)c3ccccc3)c3ccc(C(=O)NCc4ccccc4)cc32)n1. The van der Waals surface area contributed by atoms with Crippen molar-refractivity contribution in [3.63, 3.8) is 0 Å². The van der Waals surface area contributed by atoms with E-state index in [-0.39, 0.29) is 23.8 Å². The molecule has 5 rings (SSSR count). The number of hydrogen-bond acceptors (Lipinski definition) is 4. The Balaban J connectivity index is 1.47. The molecule has 1 aliphatic heterocycles. The second-order valence-electron chi connectivity index (χ2n) is 8.95. The fourth-order valence-corrected chi connectivity index (χ4v) is 4.33. The van der Waals surface area contributed by atoms with Gasteiger partial charge in [-0.1, -0.05) is 48.5 Å². The number of nitrogens with zero attached hydrogens (tertiary/aromatic N) is 4. The lowest BCUT2D eigenvalue weighted by atomic mass is 9.98. The molecule has 0 fully saturated rings. The van der Waals surface area contributed by atoms with E-state index in [9.17, 15) is 9.59 Å². The van der Waals surface area contributed by atoms with Crippen molar-refractivity contribution in [2.24, 2.45) is 0 Å². The normalized spacial score (nSPS) is 14.7. The molecular formula is C28H27N5O2. The van der Waals surface area contributed by atoms with E-state index in [2.05, 4.69) is 15.4 Å². The summed E-state index contributed by atoms with van der Waals surface area (Å²) in [6, 6.07) is 24.7. The van der Waals surface area contributed by atoms with Crippen LogP contribution < -0.4 is 10.2 Å². The number of benzene rings is 3. The van der Waals surface area contributed by atoms with Crippen LogP contribution in [0.3, 0.4) is 0 Å². The Labute approximate surface area is 204 Å².